The van der Waals surface area contributed by atoms with E-state index in [1.165, 1.54) is 25.7 Å². The fraction of sp³-hybridized carbons (Fsp3) is 0.556. The van der Waals surface area contributed by atoms with Gasteiger partial charge in [0.25, 0.3) is 0 Å². The number of ether oxygens (including phenoxy) is 1. The number of nitrogens with one attached hydrogen (secondary N) is 2. The van der Waals surface area contributed by atoms with Gasteiger partial charge in [-0.05, 0) is 51.5 Å². The fourth-order valence-electron chi connectivity index (χ4n) is 3.75. The second-order valence-electron chi connectivity index (χ2n) is 7.05. The summed E-state index contributed by atoms with van der Waals surface area (Å²) in [6.45, 7) is 2.59. The van der Waals surface area contributed by atoms with Gasteiger partial charge in [-0.2, -0.15) is 0 Å². The Bertz CT molecular complexity index is 751. The van der Waals surface area contributed by atoms with Crippen LogP contribution >= 0.6 is 0 Å². The standard InChI is InChI=1S/C18H24N4O2/c1-13-12-22-10-5-14(11-16(22)20-13)21-17(23)19-9-4-15-3-8-18(24-15)6-2-7-18/h5,10-12,15H,2-4,6-9H2,1H3,(H2,19,21,23). The lowest BCUT2D eigenvalue weighted by atomic mass is 9.78. The van der Waals surface area contributed by atoms with Gasteiger partial charge in [-0.3, -0.25) is 0 Å². The topological polar surface area (TPSA) is 67.7 Å². The number of carbonyl (C=O) groups excluding carboxylic acids is 1. The molecule has 2 fully saturated rings. The second-order valence-corrected chi connectivity index (χ2v) is 7.05. The van der Waals surface area contributed by atoms with Crippen molar-refractivity contribution < 1.29 is 9.53 Å². The third-order valence-corrected chi connectivity index (χ3v) is 5.19. The zero-order valence-electron chi connectivity index (χ0n) is 14.0. The first-order valence-electron chi connectivity index (χ1n) is 8.80. The summed E-state index contributed by atoms with van der Waals surface area (Å²) < 4.78 is 8.09. The molecule has 2 N–H and O–H groups in total. The van der Waals surface area contributed by atoms with Crippen LogP contribution in [0.2, 0.25) is 0 Å². The van der Waals surface area contributed by atoms with Crippen molar-refractivity contribution in [3.05, 3.63) is 30.2 Å². The van der Waals surface area contributed by atoms with Gasteiger partial charge >= 0.3 is 6.03 Å². The molecule has 0 radical (unpaired) electrons. The molecule has 6 nitrogen and oxygen atoms in total. The molecule has 1 spiro atoms. The number of aryl methyl sites for hydroxylation is 1. The van der Waals surface area contributed by atoms with Crippen LogP contribution in [0.25, 0.3) is 5.65 Å². The van der Waals surface area contributed by atoms with Gasteiger partial charge in [0.1, 0.15) is 5.65 Å². The summed E-state index contributed by atoms with van der Waals surface area (Å²) in [6.07, 6.45) is 11.1. The number of rotatable bonds is 4. The maximum absolute atomic E-state index is 12.0. The molecule has 3 heterocycles. The molecule has 2 aromatic heterocycles. The highest BCUT2D eigenvalue weighted by Gasteiger charge is 2.44. The molecule has 1 aliphatic carbocycles. The number of aromatic nitrogens is 2. The van der Waals surface area contributed by atoms with Crippen LogP contribution in [-0.2, 0) is 4.74 Å². The van der Waals surface area contributed by atoms with E-state index in [4.69, 9.17) is 4.74 Å². The van der Waals surface area contributed by atoms with Crippen molar-refractivity contribution in [2.24, 2.45) is 0 Å². The summed E-state index contributed by atoms with van der Waals surface area (Å²) >= 11 is 0. The van der Waals surface area contributed by atoms with Crippen molar-refractivity contribution in [2.75, 3.05) is 11.9 Å². The molecule has 1 atom stereocenters. The Morgan fingerprint density at radius 1 is 1.46 bits per heavy atom. The molecule has 2 amide bonds. The highest BCUT2D eigenvalue weighted by molar-refractivity contribution is 5.89. The predicted octanol–water partition coefficient (Wildman–Crippen LogP) is 3.26. The Labute approximate surface area is 141 Å². The summed E-state index contributed by atoms with van der Waals surface area (Å²) in [4.78, 5) is 16.4. The van der Waals surface area contributed by atoms with E-state index in [9.17, 15) is 4.79 Å². The van der Waals surface area contributed by atoms with Gasteiger partial charge in [0.2, 0.25) is 0 Å². The number of urea groups is 1. The quantitative estimate of drug-likeness (QED) is 0.905. The van der Waals surface area contributed by atoms with E-state index in [0.29, 0.717) is 12.6 Å². The molecule has 4 rings (SSSR count). The summed E-state index contributed by atoms with van der Waals surface area (Å²) in [6, 6.07) is 3.56. The van der Waals surface area contributed by atoms with Crippen molar-refractivity contribution in [1.82, 2.24) is 14.7 Å². The van der Waals surface area contributed by atoms with Crippen molar-refractivity contribution in [3.8, 4) is 0 Å². The lowest BCUT2D eigenvalue weighted by Gasteiger charge is -2.38. The second kappa shape index (κ2) is 6.09. The van der Waals surface area contributed by atoms with Gasteiger partial charge < -0.3 is 19.8 Å². The normalized spacial score (nSPS) is 21.8. The molecule has 1 aliphatic heterocycles. The van der Waals surface area contributed by atoms with Crippen LogP contribution in [-0.4, -0.2) is 33.7 Å². The van der Waals surface area contributed by atoms with E-state index in [0.717, 1.165) is 29.9 Å². The Morgan fingerprint density at radius 3 is 3.08 bits per heavy atom. The van der Waals surface area contributed by atoms with E-state index in [-0.39, 0.29) is 11.6 Å². The first-order chi connectivity index (χ1) is 11.6. The first kappa shape index (κ1) is 15.4. The molecule has 1 saturated heterocycles. The zero-order valence-corrected chi connectivity index (χ0v) is 14.0. The summed E-state index contributed by atoms with van der Waals surface area (Å²) in [5.74, 6) is 0. The number of nitrogens with zero attached hydrogens (tertiary/aromatic N) is 2. The SMILES string of the molecule is Cc1cn2ccc(NC(=O)NCCC3CCC4(CCC4)O3)cc2n1. The number of carbonyl (C=O) groups is 1. The fourth-order valence-corrected chi connectivity index (χ4v) is 3.75. The van der Waals surface area contributed by atoms with Gasteiger partial charge in [-0.1, -0.05) is 0 Å². The number of imidazole rings is 1. The number of fused-ring (bicyclic) bond motifs is 1. The van der Waals surface area contributed by atoms with E-state index < -0.39 is 0 Å². The third-order valence-electron chi connectivity index (χ3n) is 5.19. The molecule has 2 aliphatic rings. The lowest BCUT2D eigenvalue weighted by Crippen LogP contribution is -2.37. The number of hydrogen-bond donors (Lipinski definition) is 2. The minimum atomic E-state index is -0.181. The Balaban J connectivity index is 1.24. The summed E-state index contributed by atoms with van der Waals surface area (Å²) in [7, 11) is 0. The number of pyridine rings is 1. The third kappa shape index (κ3) is 3.11. The van der Waals surface area contributed by atoms with E-state index >= 15 is 0 Å². The van der Waals surface area contributed by atoms with Crippen LogP contribution in [0.15, 0.2) is 24.5 Å². The number of hydrogen-bond acceptors (Lipinski definition) is 3. The van der Waals surface area contributed by atoms with Gasteiger partial charge in [0.05, 0.1) is 17.4 Å². The lowest BCUT2D eigenvalue weighted by molar-refractivity contribution is -0.0920. The number of amides is 2. The van der Waals surface area contributed by atoms with Gasteiger partial charge in [0, 0.05) is 30.7 Å². The van der Waals surface area contributed by atoms with E-state index in [1.807, 2.05) is 35.9 Å². The molecule has 24 heavy (non-hydrogen) atoms. The molecular weight excluding hydrogens is 304 g/mol. The minimum absolute atomic E-state index is 0.181. The van der Waals surface area contributed by atoms with Crippen LogP contribution in [0.3, 0.4) is 0 Å². The average Bonchev–Trinajstić information content (AvgIpc) is 3.09. The Hall–Kier alpha value is -2.08. The monoisotopic (exact) mass is 328 g/mol. The zero-order chi connectivity index (χ0) is 16.6. The maximum atomic E-state index is 12.0. The van der Waals surface area contributed by atoms with Crippen LogP contribution < -0.4 is 10.6 Å². The Morgan fingerprint density at radius 2 is 2.33 bits per heavy atom. The van der Waals surface area contributed by atoms with Gasteiger partial charge in [0.15, 0.2) is 0 Å². The smallest absolute Gasteiger partial charge is 0.319 e. The average molecular weight is 328 g/mol. The van der Waals surface area contributed by atoms with Gasteiger partial charge in [-0.25, -0.2) is 9.78 Å². The summed E-state index contributed by atoms with van der Waals surface area (Å²) in [5.41, 5.74) is 2.73. The highest BCUT2D eigenvalue weighted by atomic mass is 16.5. The molecule has 0 aromatic carbocycles. The summed E-state index contributed by atoms with van der Waals surface area (Å²) in [5, 5.41) is 5.78. The van der Waals surface area contributed by atoms with Crippen molar-refractivity contribution in [1.29, 1.82) is 0 Å². The van der Waals surface area contributed by atoms with E-state index in [2.05, 4.69) is 15.6 Å². The first-order valence-corrected chi connectivity index (χ1v) is 8.80. The van der Waals surface area contributed by atoms with Crippen LogP contribution in [0, 0.1) is 6.92 Å². The van der Waals surface area contributed by atoms with Crippen LogP contribution in [0.1, 0.15) is 44.2 Å². The molecule has 128 valence electrons. The maximum Gasteiger partial charge on any atom is 0.319 e. The Kier molecular flexibility index (Phi) is 3.92. The van der Waals surface area contributed by atoms with Crippen molar-refractivity contribution in [3.63, 3.8) is 0 Å². The molecule has 2 aromatic rings. The highest BCUT2D eigenvalue weighted by Crippen LogP contribution is 2.46. The van der Waals surface area contributed by atoms with Crippen LogP contribution in [0.4, 0.5) is 10.5 Å². The molecule has 1 saturated carbocycles. The largest absolute Gasteiger partial charge is 0.372 e. The molecule has 1 unspecified atom stereocenters. The molecule has 6 heteroatoms. The van der Waals surface area contributed by atoms with Crippen molar-refractivity contribution in [2.45, 2.75) is 57.2 Å². The number of anilines is 1. The molecule has 0 bridgehead atoms. The van der Waals surface area contributed by atoms with Gasteiger partial charge in [-0.15, -0.1) is 0 Å². The minimum Gasteiger partial charge on any atom is -0.372 e. The van der Waals surface area contributed by atoms with E-state index in [1.54, 1.807) is 0 Å². The molecular formula is C18H24N4O2. The predicted molar refractivity (Wildman–Crippen MR) is 92.3 cm³/mol. The van der Waals surface area contributed by atoms with Crippen LogP contribution in [0.5, 0.6) is 0 Å². The van der Waals surface area contributed by atoms with Crippen molar-refractivity contribution >= 4 is 17.4 Å².